The van der Waals surface area contributed by atoms with Crippen LogP contribution in [-0.4, -0.2) is 102 Å². The minimum absolute atomic E-state index is 0.0503. The van der Waals surface area contributed by atoms with Crippen LogP contribution in [0.4, 0.5) is 4.79 Å². The van der Waals surface area contributed by atoms with Crippen molar-refractivity contribution in [2.75, 3.05) is 59.7 Å². The smallest absolute Gasteiger partial charge is 0.410 e. The highest BCUT2D eigenvalue weighted by molar-refractivity contribution is 5.84. The number of oxazole rings is 2. The van der Waals surface area contributed by atoms with E-state index >= 15 is 0 Å². The van der Waals surface area contributed by atoms with Gasteiger partial charge in [0.15, 0.2) is 0 Å². The van der Waals surface area contributed by atoms with Gasteiger partial charge in [-0.25, -0.2) is 14.8 Å². The van der Waals surface area contributed by atoms with Gasteiger partial charge in [0, 0.05) is 56.7 Å². The Kier molecular flexibility index (Phi) is 17.0. The zero-order valence-corrected chi connectivity index (χ0v) is 41.1. The van der Waals surface area contributed by atoms with Crippen molar-refractivity contribution in [3.8, 4) is 40.2 Å². The molecule has 2 aromatic heterocycles. The number of aliphatic hydroxyl groups is 1. The van der Waals surface area contributed by atoms with E-state index in [0.29, 0.717) is 55.7 Å². The van der Waals surface area contributed by atoms with Crippen LogP contribution in [-0.2, 0) is 28.9 Å². The van der Waals surface area contributed by atoms with Gasteiger partial charge in [0.05, 0.1) is 51.3 Å². The van der Waals surface area contributed by atoms with E-state index in [1.807, 2.05) is 123 Å². The molecule has 0 aliphatic carbocycles. The maximum absolute atomic E-state index is 12.2. The lowest BCUT2D eigenvalue weighted by atomic mass is 10.0. The van der Waals surface area contributed by atoms with Crippen LogP contribution >= 0.6 is 0 Å². The van der Waals surface area contributed by atoms with E-state index in [9.17, 15) is 19.8 Å². The number of carboxylic acids is 1. The number of aliphatic carboxylic acids is 1. The van der Waals surface area contributed by atoms with E-state index in [1.165, 1.54) is 16.0 Å². The van der Waals surface area contributed by atoms with E-state index in [4.69, 9.17) is 27.8 Å². The number of amides is 1. The number of benzene rings is 5. The Morgan fingerprint density at radius 1 is 0.625 bits per heavy atom. The third-order valence-electron chi connectivity index (χ3n) is 12.4. The van der Waals surface area contributed by atoms with E-state index in [-0.39, 0.29) is 26.2 Å². The van der Waals surface area contributed by atoms with Crippen LogP contribution in [0.3, 0.4) is 0 Å². The predicted molar refractivity (Wildman–Crippen MR) is 275 cm³/mol. The number of rotatable bonds is 19. The summed E-state index contributed by atoms with van der Waals surface area (Å²) in [5, 5.41) is 19.4. The largest absolute Gasteiger partial charge is 0.497 e. The van der Waals surface area contributed by atoms with Crippen LogP contribution in [0.25, 0.3) is 34.1 Å². The average Bonchev–Trinajstić information content (AvgIpc) is 4.20. The van der Waals surface area contributed by atoms with Crippen LogP contribution in [0.1, 0.15) is 52.9 Å². The number of ether oxygens (including phenoxy) is 4. The fourth-order valence-corrected chi connectivity index (χ4v) is 8.77. The Labute approximate surface area is 419 Å². The molecule has 2 N–H and O–H groups in total. The molecule has 14 nitrogen and oxygen atoms in total. The van der Waals surface area contributed by atoms with Gasteiger partial charge < -0.3 is 38.0 Å². The van der Waals surface area contributed by atoms with Gasteiger partial charge in [0.25, 0.3) is 0 Å². The SMILES string of the molecule is CCOC(=O)N1CC(CC(=O)O)=C(c2cccc(OCCc3nc(-c4ccccc4)oc3C)c2)C1.COc1ccc(CN2CC(CO)=C(c3cccc(OCCc4nc(-c5ccccc5)oc4C)c3)C2)cc1. The molecule has 7 aromatic rings. The maximum Gasteiger partial charge on any atom is 0.410 e. The third kappa shape index (κ3) is 13.1. The molecule has 0 saturated carbocycles. The minimum atomic E-state index is -0.937. The number of hydrogen-bond donors (Lipinski definition) is 2. The van der Waals surface area contributed by atoms with Crippen LogP contribution < -0.4 is 14.2 Å². The molecule has 72 heavy (non-hydrogen) atoms. The summed E-state index contributed by atoms with van der Waals surface area (Å²) in [6, 6.07) is 43.4. The molecule has 0 saturated heterocycles. The van der Waals surface area contributed by atoms with Gasteiger partial charge in [-0.3, -0.25) is 14.6 Å². The van der Waals surface area contributed by atoms with Crippen molar-refractivity contribution in [3.05, 3.63) is 184 Å². The molecule has 2 aliphatic rings. The van der Waals surface area contributed by atoms with Crippen LogP contribution in [0.2, 0.25) is 0 Å². The summed E-state index contributed by atoms with van der Waals surface area (Å²) in [6.45, 7) is 9.67. The Balaban J connectivity index is 0.000000193. The van der Waals surface area contributed by atoms with Crippen LogP contribution in [0.15, 0.2) is 153 Å². The summed E-state index contributed by atoms with van der Waals surface area (Å²) >= 11 is 0. The third-order valence-corrected chi connectivity index (χ3v) is 12.4. The molecule has 0 unspecified atom stereocenters. The first-order valence-electron chi connectivity index (χ1n) is 24.1. The highest BCUT2D eigenvalue weighted by Crippen LogP contribution is 2.33. The van der Waals surface area contributed by atoms with Crippen molar-refractivity contribution in [2.45, 2.75) is 46.6 Å². The topological polar surface area (TPSA) is 170 Å². The number of methoxy groups -OCH3 is 1. The Morgan fingerprint density at radius 2 is 1.15 bits per heavy atom. The lowest BCUT2D eigenvalue weighted by Crippen LogP contribution is -2.30. The van der Waals surface area contributed by atoms with Gasteiger partial charge in [-0.05, 0) is 120 Å². The second kappa shape index (κ2) is 24.3. The molecule has 0 fully saturated rings. The van der Waals surface area contributed by atoms with Crippen molar-refractivity contribution >= 4 is 23.2 Å². The second-order valence-electron chi connectivity index (χ2n) is 17.5. The summed E-state index contributed by atoms with van der Waals surface area (Å²) in [5.74, 6) is 4.18. The highest BCUT2D eigenvalue weighted by Gasteiger charge is 2.29. The van der Waals surface area contributed by atoms with E-state index in [2.05, 4.69) is 39.1 Å². The number of aliphatic hydroxyl groups excluding tert-OH is 1. The molecule has 0 radical (unpaired) electrons. The molecule has 0 bridgehead atoms. The number of aryl methyl sites for hydroxylation is 2. The fourth-order valence-electron chi connectivity index (χ4n) is 8.77. The second-order valence-corrected chi connectivity index (χ2v) is 17.5. The van der Waals surface area contributed by atoms with Gasteiger partial charge in [0.2, 0.25) is 11.8 Å². The molecule has 5 aromatic carbocycles. The molecular weight excluding hydrogens is 913 g/mol. The van der Waals surface area contributed by atoms with Crippen LogP contribution in [0, 0.1) is 13.8 Å². The number of nitrogens with zero attached hydrogens (tertiary/aromatic N) is 4. The number of aromatic nitrogens is 2. The summed E-state index contributed by atoms with van der Waals surface area (Å²) in [7, 11) is 1.67. The first-order valence-corrected chi connectivity index (χ1v) is 24.1. The van der Waals surface area contributed by atoms with Gasteiger partial charge in [0.1, 0.15) is 28.8 Å². The summed E-state index contributed by atoms with van der Waals surface area (Å²) in [5.41, 5.74) is 10.5. The summed E-state index contributed by atoms with van der Waals surface area (Å²) in [6.07, 6.45) is 0.657. The van der Waals surface area contributed by atoms with Gasteiger partial charge in [-0.15, -0.1) is 0 Å². The lowest BCUT2D eigenvalue weighted by molar-refractivity contribution is -0.136. The zero-order valence-electron chi connectivity index (χ0n) is 41.1. The van der Waals surface area contributed by atoms with E-state index in [1.54, 1.807) is 14.0 Å². The molecule has 372 valence electrons. The predicted octanol–water partition coefficient (Wildman–Crippen LogP) is 10.5. The fraction of sp³-hybridized carbons (Fsp3) is 0.276. The number of carboxylic acid groups (broad SMARTS) is 1. The first kappa shape index (κ1) is 50.4. The van der Waals surface area contributed by atoms with Gasteiger partial charge in [-0.1, -0.05) is 72.8 Å². The minimum Gasteiger partial charge on any atom is -0.497 e. The summed E-state index contributed by atoms with van der Waals surface area (Å²) in [4.78, 5) is 36.7. The monoisotopic (exact) mass is 972 g/mol. The Hall–Kier alpha value is -7.94. The number of carbonyl (C=O) groups is 2. The Morgan fingerprint density at radius 3 is 1.65 bits per heavy atom. The van der Waals surface area contributed by atoms with Crippen molar-refractivity contribution in [1.29, 1.82) is 0 Å². The van der Waals surface area contributed by atoms with Crippen molar-refractivity contribution < 1.29 is 47.6 Å². The average molecular weight is 973 g/mol. The maximum atomic E-state index is 12.2. The zero-order chi connectivity index (χ0) is 50.4. The van der Waals surface area contributed by atoms with Gasteiger partial charge in [-0.2, -0.15) is 0 Å². The first-order chi connectivity index (χ1) is 35.1. The van der Waals surface area contributed by atoms with Gasteiger partial charge >= 0.3 is 12.1 Å². The van der Waals surface area contributed by atoms with E-state index < -0.39 is 12.1 Å². The summed E-state index contributed by atoms with van der Waals surface area (Å²) < 4.78 is 34.1. The molecule has 0 spiro atoms. The molecule has 9 rings (SSSR count). The van der Waals surface area contributed by atoms with E-state index in [0.717, 1.165) is 87.4 Å². The lowest BCUT2D eigenvalue weighted by Gasteiger charge is -2.16. The quantitative estimate of drug-likeness (QED) is 0.0786. The highest BCUT2D eigenvalue weighted by atomic mass is 16.6. The molecular formula is C58H60N4O10. The van der Waals surface area contributed by atoms with Crippen molar-refractivity contribution in [2.24, 2.45) is 0 Å². The molecule has 4 heterocycles. The van der Waals surface area contributed by atoms with Crippen LogP contribution in [0.5, 0.6) is 17.2 Å². The molecule has 2 aliphatic heterocycles. The van der Waals surface area contributed by atoms with Crippen molar-refractivity contribution in [3.63, 3.8) is 0 Å². The Bertz CT molecular complexity index is 3000. The van der Waals surface area contributed by atoms with Crippen molar-refractivity contribution in [1.82, 2.24) is 19.8 Å². The molecule has 14 heteroatoms. The molecule has 1 amide bonds. The standard InChI is InChI=1S/C31H32N2O4.C27H28N2O6/c1-22-30(32-31(37-22)24-7-4-3-5-8-24)15-16-36-28-10-6-9-25(17-28)29-20-33(19-26(29)21-34)18-23-11-13-27(35-2)14-12-23;1-3-33-27(32)29-16-21(15-25(30)31)23(17-29)20-10-7-11-22(14-20)34-13-12-24-18(2)35-26(28-24)19-8-5-4-6-9-19/h3-14,17,34H,15-16,18-21H2,1-2H3;4-11,14H,3,12-13,15-17H2,1-2H3,(H,30,31). The number of hydrogen-bond acceptors (Lipinski definition) is 12. The molecule has 0 atom stereocenters. The number of carbonyl (C=O) groups excluding carboxylic acids is 1. The normalized spacial score (nSPS) is 13.5.